The van der Waals surface area contributed by atoms with Crippen molar-refractivity contribution in [3.05, 3.63) is 12.7 Å². The molecular formula is C8H13NO3. The number of carbonyl (C=O) groups is 1. The average Bonchev–Trinajstić information content (AvgIpc) is 2.00. The fourth-order valence-electron chi connectivity index (χ4n) is 0.995. The predicted molar refractivity (Wildman–Crippen MR) is 43.5 cm³/mol. The van der Waals surface area contributed by atoms with E-state index in [2.05, 4.69) is 11.9 Å². The van der Waals surface area contributed by atoms with Crippen LogP contribution in [-0.2, 0) is 9.53 Å². The Balaban J connectivity index is 2.43. The molecule has 2 N–H and O–H groups in total. The highest BCUT2D eigenvalue weighted by atomic mass is 16.5. The van der Waals surface area contributed by atoms with E-state index >= 15 is 0 Å². The summed E-state index contributed by atoms with van der Waals surface area (Å²) in [6, 6.07) is 0. The van der Waals surface area contributed by atoms with Gasteiger partial charge in [-0.05, 0) is 0 Å². The second-order valence-corrected chi connectivity index (χ2v) is 2.93. The van der Waals surface area contributed by atoms with E-state index in [9.17, 15) is 4.79 Å². The SMILES string of the molecule is C=CCNC(=O)C1(CO)COC1. The fraction of sp³-hybridized carbons (Fsp3) is 0.625. The summed E-state index contributed by atoms with van der Waals surface area (Å²) in [5, 5.41) is 11.6. The van der Waals surface area contributed by atoms with Crippen molar-refractivity contribution in [3.63, 3.8) is 0 Å². The lowest BCUT2D eigenvalue weighted by molar-refractivity contribution is -0.169. The van der Waals surface area contributed by atoms with Gasteiger partial charge in [0.25, 0.3) is 0 Å². The van der Waals surface area contributed by atoms with E-state index in [1.165, 1.54) is 0 Å². The number of ether oxygens (including phenoxy) is 1. The van der Waals surface area contributed by atoms with Crippen LogP contribution in [0.1, 0.15) is 0 Å². The highest BCUT2D eigenvalue weighted by Crippen LogP contribution is 2.26. The molecule has 0 atom stereocenters. The van der Waals surface area contributed by atoms with Gasteiger partial charge in [0.15, 0.2) is 0 Å². The highest BCUT2D eigenvalue weighted by Gasteiger charge is 2.45. The van der Waals surface area contributed by atoms with Crippen molar-refractivity contribution in [2.24, 2.45) is 5.41 Å². The predicted octanol–water partition coefficient (Wildman–Crippen LogP) is -0.703. The lowest BCUT2D eigenvalue weighted by Crippen LogP contribution is -2.56. The molecule has 1 heterocycles. The van der Waals surface area contributed by atoms with Gasteiger partial charge in [0, 0.05) is 6.54 Å². The number of hydrogen-bond donors (Lipinski definition) is 2. The summed E-state index contributed by atoms with van der Waals surface area (Å²) < 4.78 is 4.88. The zero-order chi connectivity index (χ0) is 9.03. The number of aliphatic hydroxyl groups excluding tert-OH is 1. The lowest BCUT2D eigenvalue weighted by atomic mass is 9.86. The van der Waals surface area contributed by atoms with Crippen LogP contribution < -0.4 is 5.32 Å². The molecule has 0 spiro atoms. The smallest absolute Gasteiger partial charge is 0.233 e. The minimum Gasteiger partial charge on any atom is -0.395 e. The second kappa shape index (κ2) is 3.69. The van der Waals surface area contributed by atoms with E-state index in [0.29, 0.717) is 19.8 Å². The summed E-state index contributed by atoms with van der Waals surface area (Å²) in [6.07, 6.45) is 1.60. The van der Waals surface area contributed by atoms with Crippen molar-refractivity contribution in [2.75, 3.05) is 26.4 Å². The number of hydrogen-bond acceptors (Lipinski definition) is 3. The molecule has 0 aromatic heterocycles. The number of amides is 1. The van der Waals surface area contributed by atoms with Crippen molar-refractivity contribution in [1.82, 2.24) is 5.32 Å². The standard InChI is InChI=1S/C8H13NO3/c1-2-3-9-7(11)8(4-10)5-12-6-8/h2,10H,1,3-6H2,(H,9,11). The Labute approximate surface area is 71.2 Å². The average molecular weight is 171 g/mol. The zero-order valence-corrected chi connectivity index (χ0v) is 6.88. The first-order valence-electron chi connectivity index (χ1n) is 3.83. The Kier molecular flexibility index (Phi) is 2.83. The molecule has 0 aliphatic carbocycles. The van der Waals surface area contributed by atoms with Crippen LogP contribution in [0.3, 0.4) is 0 Å². The minimum absolute atomic E-state index is 0.156. The zero-order valence-electron chi connectivity index (χ0n) is 6.88. The normalized spacial score (nSPS) is 19.4. The topological polar surface area (TPSA) is 58.6 Å². The highest BCUT2D eigenvalue weighted by molar-refractivity contribution is 5.84. The van der Waals surface area contributed by atoms with Crippen LogP contribution in [0.5, 0.6) is 0 Å². The molecule has 4 heteroatoms. The first-order chi connectivity index (χ1) is 5.75. The molecule has 0 radical (unpaired) electrons. The monoisotopic (exact) mass is 171 g/mol. The van der Waals surface area contributed by atoms with Crippen molar-refractivity contribution in [1.29, 1.82) is 0 Å². The minimum atomic E-state index is -0.691. The molecule has 0 bridgehead atoms. The maximum atomic E-state index is 11.3. The van der Waals surface area contributed by atoms with Gasteiger partial charge >= 0.3 is 0 Å². The van der Waals surface area contributed by atoms with Gasteiger partial charge in [-0.25, -0.2) is 0 Å². The molecule has 1 aliphatic heterocycles. The van der Waals surface area contributed by atoms with E-state index in [1.54, 1.807) is 6.08 Å². The summed E-state index contributed by atoms with van der Waals surface area (Å²) in [6.45, 7) is 4.37. The summed E-state index contributed by atoms with van der Waals surface area (Å²) in [4.78, 5) is 11.3. The van der Waals surface area contributed by atoms with Gasteiger partial charge in [-0.2, -0.15) is 0 Å². The molecule has 0 saturated carbocycles. The van der Waals surface area contributed by atoms with Crippen LogP contribution in [-0.4, -0.2) is 37.4 Å². The summed E-state index contributed by atoms with van der Waals surface area (Å²) >= 11 is 0. The van der Waals surface area contributed by atoms with Crippen LogP contribution in [0.4, 0.5) is 0 Å². The summed E-state index contributed by atoms with van der Waals surface area (Å²) in [5.74, 6) is -0.156. The molecule has 68 valence electrons. The first-order valence-corrected chi connectivity index (χ1v) is 3.83. The molecule has 12 heavy (non-hydrogen) atoms. The fourth-order valence-corrected chi connectivity index (χ4v) is 0.995. The van der Waals surface area contributed by atoms with E-state index in [-0.39, 0.29) is 12.5 Å². The van der Waals surface area contributed by atoms with Crippen LogP contribution in [0.2, 0.25) is 0 Å². The molecule has 1 fully saturated rings. The van der Waals surface area contributed by atoms with Gasteiger partial charge in [-0.1, -0.05) is 6.08 Å². The lowest BCUT2D eigenvalue weighted by Gasteiger charge is -2.37. The van der Waals surface area contributed by atoms with Crippen LogP contribution in [0.15, 0.2) is 12.7 Å². The number of carbonyl (C=O) groups excluding carboxylic acids is 1. The molecule has 0 aromatic carbocycles. The molecule has 1 amide bonds. The van der Waals surface area contributed by atoms with Gasteiger partial charge in [0.05, 0.1) is 19.8 Å². The largest absolute Gasteiger partial charge is 0.395 e. The van der Waals surface area contributed by atoms with Crippen molar-refractivity contribution < 1.29 is 14.6 Å². The van der Waals surface area contributed by atoms with Gasteiger partial charge in [-0.15, -0.1) is 6.58 Å². The Bertz CT molecular complexity index is 181. The third kappa shape index (κ3) is 1.49. The van der Waals surface area contributed by atoms with E-state index < -0.39 is 5.41 Å². The van der Waals surface area contributed by atoms with E-state index in [4.69, 9.17) is 9.84 Å². The molecule has 1 rings (SSSR count). The Morgan fingerprint density at radius 1 is 1.75 bits per heavy atom. The molecule has 4 nitrogen and oxygen atoms in total. The van der Waals surface area contributed by atoms with Gasteiger partial charge < -0.3 is 15.2 Å². The van der Waals surface area contributed by atoms with Crippen LogP contribution >= 0.6 is 0 Å². The van der Waals surface area contributed by atoms with Gasteiger partial charge in [0.1, 0.15) is 5.41 Å². The third-order valence-electron chi connectivity index (χ3n) is 1.95. The second-order valence-electron chi connectivity index (χ2n) is 2.93. The van der Waals surface area contributed by atoms with Crippen molar-refractivity contribution >= 4 is 5.91 Å². The first kappa shape index (κ1) is 9.22. The number of rotatable bonds is 4. The quantitative estimate of drug-likeness (QED) is 0.550. The third-order valence-corrected chi connectivity index (χ3v) is 1.95. The van der Waals surface area contributed by atoms with E-state index in [1.807, 2.05) is 0 Å². The van der Waals surface area contributed by atoms with Gasteiger partial charge in [-0.3, -0.25) is 4.79 Å². The molecular weight excluding hydrogens is 158 g/mol. The number of aliphatic hydroxyl groups is 1. The van der Waals surface area contributed by atoms with Crippen molar-refractivity contribution in [3.8, 4) is 0 Å². The summed E-state index contributed by atoms with van der Waals surface area (Å²) in [5.41, 5.74) is -0.691. The Hall–Kier alpha value is -0.870. The molecule has 0 aromatic rings. The molecule has 0 unspecified atom stereocenters. The Morgan fingerprint density at radius 3 is 2.75 bits per heavy atom. The molecule has 1 aliphatic rings. The van der Waals surface area contributed by atoms with Crippen LogP contribution in [0.25, 0.3) is 0 Å². The Morgan fingerprint density at radius 2 is 2.42 bits per heavy atom. The summed E-state index contributed by atoms with van der Waals surface area (Å²) in [7, 11) is 0. The molecule has 1 saturated heterocycles. The maximum Gasteiger partial charge on any atom is 0.233 e. The van der Waals surface area contributed by atoms with Crippen molar-refractivity contribution in [2.45, 2.75) is 0 Å². The number of nitrogens with one attached hydrogen (secondary N) is 1. The van der Waals surface area contributed by atoms with Gasteiger partial charge in [0.2, 0.25) is 5.91 Å². The van der Waals surface area contributed by atoms with Crippen LogP contribution in [0, 0.1) is 5.41 Å². The maximum absolute atomic E-state index is 11.3. The van der Waals surface area contributed by atoms with E-state index in [0.717, 1.165) is 0 Å².